The molecule has 1 unspecified atom stereocenters. The molecule has 0 saturated heterocycles. The fourth-order valence-corrected chi connectivity index (χ4v) is 3.09. The second-order valence-electron chi connectivity index (χ2n) is 4.71. The summed E-state index contributed by atoms with van der Waals surface area (Å²) in [5.41, 5.74) is 1.94. The Labute approximate surface area is 142 Å². The van der Waals surface area contributed by atoms with Crippen LogP contribution in [0.4, 0.5) is 4.39 Å². The molecule has 112 valence electrons. The van der Waals surface area contributed by atoms with Gasteiger partial charge in [0.1, 0.15) is 5.82 Å². The van der Waals surface area contributed by atoms with E-state index in [9.17, 15) is 4.39 Å². The van der Waals surface area contributed by atoms with Gasteiger partial charge in [0.25, 0.3) is 0 Å². The molecular weight excluding hydrogens is 376 g/mol. The molecule has 0 aliphatic carbocycles. The van der Waals surface area contributed by atoms with Crippen molar-refractivity contribution in [3.8, 4) is 0 Å². The molecule has 0 saturated carbocycles. The first-order chi connectivity index (χ1) is 10.0. The van der Waals surface area contributed by atoms with Gasteiger partial charge in [0.05, 0.1) is 14.5 Å². The van der Waals surface area contributed by atoms with Gasteiger partial charge in [-0.3, -0.25) is 0 Å². The van der Waals surface area contributed by atoms with Gasteiger partial charge in [-0.05, 0) is 58.2 Å². The Morgan fingerprint density at radius 3 is 2.62 bits per heavy atom. The third-order valence-corrected chi connectivity index (χ3v) is 4.81. The van der Waals surface area contributed by atoms with Crippen LogP contribution in [-0.2, 0) is 6.42 Å². The summed E-state index contributed by atoms with van der Waals surface area (Å²) in [6.07, 6.45) is 0.701. The first-order valence-electron chi connectivity index (χ1n) is 6.64. The van der Waals surface area contributed by atoms with E-state index in [1.54, 1.807) is 12.1 Å². The Morgan fingerprint density at radius 2 is 1.95 bits per heavy atom. The normalized spacial score (nSPS) is 12.4. The lowest BCUT2D eigenvalue weighted by atomic mass is 9.98. The fraction of sp³-hybridized carbons (Fsp3) is 0.250. The summed E-state index contributed by atoms with van der Waals surface area (Å²) >= 11 is 15.3. The van der Waals surface area contributed by atoms with E-state index in [0.717, 1.165) is 17.7 Å². The lowest BCUT2D eigenvalue weighted by Crippen LogP contribution is -2.23. The van der Waals surface area contributed by atoms with Gasteiger partial charge in [0, 0.05) is 6.04 Å². The minimum atomic E-state index is -0.260. The zero-order valence-corrected chi connectivity index (χ0v) is 14.6. The molecule has 2 rings (SSSR count). The van der Waals surface area contributed by atoms with Crippen molar-refractivity contribution in [3.63, 3.8) is 0 Å². The third kappa shape index (κ3) is 4.19. The average molecular weight is 391 g/mol. The Kier molecular flexibility index (Phi) is 6.06. The van der Waals surface area contributed by atoms with Crippen molar-refractivity contribution < 1.29 is 4.39 Å². The van der Waals surface area contributed by atoms with Crippen LogP contribution >= 0.6 is 39.1 Å². The lowest BCUT2D eigenvalue weighted by Gasteiger charge is -2.20. The zero-order valence-electron chi connectivity index (χ0n) is 11.5. The predicted molar refractivity (Wildman–Crippen MR) is 90.7 cm³/mol. The summed E-state index contributed by atoms with van der Waals surface area (Å²) in [7, 11) is 0. The lowest BCUT2D eigenvalue weighted by molar-refractivity contribution is 0.539. The molecule has 1 N–H and O–H groups in total. The molecule has 0 radical (unpaired) electrons. The van der Waals surface area contributed by atoms with Crippen LogP contribution in [0.3, 0.4) is 0 Å². The van der Waals surface area contributed by atoms with E-state index in [4.69, 9.17) is 23.2 Å². The average Bonchev–Trinajstić information content (AvgIpc) is 2.45. The van der Waals surface area contributed by atoms with Crippen molar-refractivity contribution in [3.05, 3.63) is 67.9 Å². The Balaban J connectivity index is 2.30. The molecule has 0 aliphatic rings. The molecule has 2 aromatic rings. The molecule has 0 aromatic heterocycles. The molecule has 21 heavy (non-hydrogen) atoms. The van der Waals surface area contributed by atoms with E-state index >= 15 is 0 Å². The third-order valence-electron chi connectivity index (χ3n) is 3.23. The maximum absolute atomic E-state index is 13.7. The number of nitrogens with one attached hydrogen (secondary N) is 1. The van der Waals surface area contributed by atoms with Crippen LogP contribution in [0, 0.1) is 5.82 Å². The predicted octanol–water partition coefficient (Wildman–Crippen LogP) is 5.79. The molecule has 0 fully saturated rings. The standard InChI is InChI=1S/C16H15BrCl2FN/c1-2-21-15(11-4-3-5-14(20)16(11)17)9-10-6-7-12(18)13(19)8-10/h3-8,15,21H,2,9H2,1H3. The second-order valence-corrected chi connectivity index (χ2v) is 6.31. The van der Waals surface area contributed by atoms with Crippen LogP contribution in [0.1, 0.15) is 24.1 Å². The van der Waals surface area contributed by atoms with Gasteiger partial charge in [0.15, 0.2) is 0 Å². The minimum Gasteiger partial charge on any atom is -0.310 e. The van der Waals surface area contributed by atoms with E-state index in [2.05, 4.69) is 21.2 Å². The molecule has 1 nitrogen and oxygen atoms in total. The highest BCUT2D eigenvalue weighted by Gasteiger charge is 2.16. The van der Waals surface area contributed by atoms with Crippen LogP contribution in [0.5, 0.6) is 0 Å². The van der Waals surface area contributed by atoms with Crippen LogP contribution in [0.15, 0.2) is 40.9 Å². The Bertz CT molecular complexity index is 634. The van der Waals surface area contributed by atoms with Gasteiger partial charge >= 0.3 is 0 Å². The first-order valence-corrected chi connectivity index (χ1v) is 8.19. The molecule has 0 heterocycles. The smallest absolute Gasteiger partial charge is 0.137 e. The number of rotatable bonds is 5. The summed E-state index contributed by atoms with van der Waals surface area (Å²) in [6, 6.07) is 10.6. The summed E-state index contributed by atoms with van der Waals surface area (Å²) in [4.78, 5) is 0. The maximum Gasteiger partial charge on any atom is 0.137 e. The van der Waals surface area contributed by atoms with Crippen molar-refractivity contribution in [2.45, 2.75) is 19.4 Å². The topological polar surface area (TPSA) is 12.0 Å². The molecule has 0 amide bonds. The van der Waals surface area contributed by atoms with Crippen LogP contribution < -0.4 is 5.32 Å². The van der Waals surface area contributed by atoms with E-state index in [-0.39, 0.29) is 11.9 Å². The highest BCUT2D eigenvalue weighted by atomic mass is 79.9. The van der Waals surface area contributed by atoms with Crippen molar-refractivity contribution in [1.82, 2.24) is 5.32 Å². The van der Waals surface area contributed by atoms with Crippen molar-refractivity contribution in [2.75, 3.05) is 6.54 Å². The number of halogens is 4. The Hall–Kier alpha value is -0.610. The largest absolute Gasteiger partial charge is 0.310 e. The molecule has 5 heteroatoms. The summed E-state index contributed by atoms with van der Waals surface area (Å²) in [5, 5.41) is 4.44. The van der Waals surface area contributed by atoms with E-state index < -0.39 is 0 Å². The highest BCUT2D eigenvalue weighted by Crippen LogP contribution is 2.30. The summed E-state index contributed by atoms with van der Waals surface area (Å²) < 4.78 is 14.2. The van der Waals surface area contributed by atoms with E-state index in [0.29, 0.717) is 20.9 Å². The van der Waals surface area contributed by atoms with Crippen molar-refractivity contribution in [1.29, 1.82) is 0 Å². The fourth-order valence-electron chi connectivity index (χ4n) is 2.23. The van der Waals surface area contributed by atoms with Gasteiger partial charge in [-0.15, -0.1) is 0 Å². The quantitative estimate of drug-likeness (QED) is 0.681. The van der Waals surface area contributed by atoms with Gasteiger partial charge in [-0.2, -0.15) is 0 Å². The van der Waals surface area contributed by atoms with Crippen molar-refractivity contribution >= 4 is 39.1 Å². The van der Waals surface area contributed by atoms with Gasteiger partial charge in [-0.1, -0.05) is 48.3 Å². The van der Waals surface area contributed by atoms with Crippen molar-refractivity contribution in [2.24, 2.45) is 0 Å². The molecule has 1 atom stereocenters. The molecule has 2 aromatic carbocycles. The highest BCUT2D eigenvalue weighted by molar-refractivity contribution is 9.10. The summed E-state index contributed by atoms with van der Waals surface area (Å²) in [5.74, 6) is -0.260. The number of likely N-dealkylation sites (N-methyl/N-ethyl adjacent to an activating group) is 1. The molecular formula is C16H15BrCl2FN. The Morgan fingerprint density at radius 1 is 1.19 bits per heavy atom. The molecule has 0 aliphatic heterocycles. The minimum absolute atomic E-state index is 0.00248. The molecule has 0 bridgehead atoms. The van der Waals surface area contributed by atoms with Gasteiger partial charge in [0.2, 0.25) is 0 Å². The zero-order chi connectivity index (χ0) is 15.4. The first kappa shape index (κ1) is 16.8. The number of hydrogen-bond donors (Lipinski definition) is 1. The maximum atomic E-state index is 13.7. The van der Waals surface area contributed by atoms with Gasteiger partial charge < -0.3 is 5.32 Å². The van der Waals surface area contributed by atoms with Crippen LogP contribution in [-0.4, -0.2) is 6.54 Å². The number of benzene rings is 2. The number of hydrogen-bond acceptors (Lipinski definition) is 1. The monoisotopic (exact) mass is 389 g/mol. The van der Waals surface area contributed by atoms with Crippen LogP contribution in [0.2, 0.25) is 10.0 Å². The summed E-state index contributed by atoms with van der Waals surface area (Å²) in [6.45, 7) is 2.81. The SMILES string of the molecule is CCNC(Cc1ccc(Cl)c(Cl)c1)c1cccc(F)c1Br. The van der Waals surface area contributed by atoms with Gasteiger partial charge in [-0.25, -0.2) is 4.39 Å². The van der Waals surface area contributed by atoms with Crippen LogP contribution in [0.25, 0.3) is 0 Å². The van der Waals surface area contributed by atoms with E-state index in [1.165, 1.54) is 6.07 Å². The van der Waals surface area contributed by atoms with E-state index in [1.807, 2.05) is 25.1 Å². The molecule has 0 spiro atoms. The second kappa shape index (κ2) is 7.59.